The minimum Gasteiger partial charge on any atom is -0.497 e. The van der Waals surface area contributed by atoms with Gasteiger partial charge in [-0.05, 0) is 43.2 Å². The van der Waals surface area contributed by atoms with E-state index in [1.807, 2.05) is 43.0 Å². The van der Waals surface area contributed by atoms with Crippen molar-refractivity contribution in [1.29, 1.82) is 0 Å². The maximum Gasteiger partial charge on any atom is 0.228 e. The fraction of sp³-hybridized carbons (Fsp3) is 0.348. The van der Waals surface area contributed by atoms with E-state index >= 15 is 0 Å². The van der Waals surface area contributed by atoms with Crippen LogP contribution in [-0.2, 0) is 17.6 Å². The highest BCUT2D eigenvalue weighted by Gasteiger charge is 2.20. The molecule has 1 aromatic heterocycles. The van der Waals surface area contributed by atoms with Gasteiger partial charge in [0, 0.05) is 24.6 Å². The van der Waals surface area contributed by atoms with E-state index in [0.717, 1.165) is 17.5 Å². The Labute approximate surface area is 175 Å². The summed E-state index contributed by atoms with van der Waals surface area (Å²) in [5, 5.41) is 4.05. The number of rotatable bonds is 9. The van der Waals surface area contributed by atoms with Crippen LogP contribution in [0, 0.1) is 5.82 Å². The average Bonchev–Trinajstić information content (AvgIpc) is 3.24. The number of ether oxygens (including phenoxy) is 1. The van der Waals surface area contributed by atoms with Gasteiger partial charge in [0.15, 0.2) is 0 Å². The molecule has 0 spiro atoms. The summed E-state index contributed by atoms with van der Waals surface area (Å²) in [6.07, 6.45) is 1.51. The van der Waals surface area contributed by atoms with Gasteiger partial charge >= 0.3 is 0 Å². The standard InChI is InChI=1S/C23H26FN3O3/c1-4-16(2)27(22(28)14-17-8-10-19(24)11-9-17)13-12-21-25-23(26-30-21)18-6-5-7-20(15-18)29-3/h5-11,15-16H,4,12-14H2,1-3H3/t16-/m1/s1. The fourth-order valence-corrected chi connectivity index (χ4v) is 3.14. The van der Waals surface area contributed by atoms with Crippen molar-refractivity contribution in [3.8, 4) is 17.1 Å². The molecule has 1 amide bonds. The van der Waals surface area contributed by atoms with Gasteiger partial charge < -0.3 is 14.2 Å². The van der Waals surface area contributed by atoms with E-state index in [9.17, 15) is 9.18 Å². The number of methoxy groups -OCH3 is 1. The quantitative estimate of drug-likeness (QED) is 0.525. The Hall–Kier alpha value is -3.22. The molecule has 0 aliphatic heterocycles. The molecular weight excluding hydrogens is 385 g/mol. The van der Waals surface area contributed by atoms with Crippen LogP contribution in [0.4, 0.5) is 4.39 Å². The fourth-order valence-electron chi connectivity index (χ4n) is 3.14. The summed E-state index contributed by atoms with van der Waals surface area (Å²) < 4.78 is 23.7. The number of carbonyl (C=O) groups excluding carboxylic acids is 1. The summed E-state index contributed by atoms with van der Waals surface area (Å²) in [5.74, 6) is 1.34. The monoisotopic (exact) mass is 411 g/mol. The van der Waals surface area contributed by atoms with Gasteiger partial charge in [0.1, 0.15) is 11.6 Å². The highest BCUT2D eigenvalue weighted by atomic mass is 19.1. The highest BCUT2D eigenvalue weighted by molar-refractivity contribution is 5.79. The molecule has 0 radical (unpaired) electrons. The van der Waals surface area contributed by atoms with Crippen molar-refractivity contribution < 1.29 is 18.4 Å². The predicted octanol–water partition coefficient (Wildman–Crippen LogP) is 4.30. The van der Waals surface area contributed by atoms with E-state index in [1.165, 1.54) is 12.1 Å². The van der Waals surface area contributed by atoms with Crippen LogP contribution < -0.4 is 4.74 Å². The number of hydrogen-bond donors (Lipinski definition) is 0. The van der Waals surface area contributed by atoms with Crippen LogP contribution in [0.3, 0.4) is 0 Å². The van der Waals surface area contributed by atoms with Crippen molar-refractivity contribution in [3.05, 3.63) is 65.8 Å². The molecule has 0 unspecified atom stereocenters. The van der Waals surface area contributed by atoms with Gasteiger partial charge in [-0.15, -0.1) is 0 Å². The first-order chi connectivity index (χ1) is 14.5. The average molecular weight is 411 g/mol. The minimum atomic E-state index is -0.312. The number of nitrogens with zero attached hydrogens (tertiary/aromatic N) is 3. The van der Waals surface area contributed by atoms with E-state index in [1.54, 1.807) is 19.2 Å². The first kappa shape index (κ1) is 21.5. The van der Waals surface area contributed by atoms with Crippen molar-refractivity contribution in [1.82, 2.24) is 15.0 Å². The van der Waals surface area contributed by atoms with E-state index in [4.69, 9.17) is 9.26 Å². The van der Waals surface area contributed by atoms with Gasteiger partial charge in [-0.2, -0.15) is 4.98 Å². The maximum atomic E-state index is 13.1. The van der Waals surface area contributed by atoms with Crippen molar-refractivity contribution in [2.45, 2.75) is 39.2 Å². The molecule has 0 saturated heterocycles. The van der Waals surface area contributed by atoms with Gasteiger partial charge in [0.2, 0.25) is 17.6 Å². The molecule has 6 nitrogen and oxygen atoms in total. The Morgan fingerprint density at radius 2 is 2.00 bits per heavy atom. The third-order valence-corrected chi connectivity index (χ3v) is 5.07. The molecule has 0 bridgehead atoms. The SMILES string of the molecule is CC[C@@H](C)N(CCc1nc(-c2cccc(OC)c2)no1)C(=O)Cc1ccc(F)cc1. The van der Waals surface area contributed by atoms with Crippen molar-refractivity contribution >= 4 is 5.91 Å². The van der Waals surface area contributed by atoms with Gasteiger partial charge in [-0.1, -0.05) is 36.3 Å². The van der Waals surface area contributed by atoms with Gasteiger partial charge in [0.05, 0.1) is 13.5 Å². The van der Waals surface area contributed by atoms with E-state index < -0.39 is 0 Å². The Bertz CT molecular complexity index is 972. The summed E-state index contributed by atoms with van der Waals surface area (Å²) in [5.41, 5.74) is 1.59. The first-order valence-corrected chi connectivity index (χ1v) is 10.0. The summed E-state index contributed by atoms with van der Waals surface area (Å²) in [6, 6.07) is 13.5. The molecule has 3 aromatic rings. The van der Waals surface area contributed by atoms with E-state index in [0.29, 0.717) is 30.4 Å². The molecule has 0 aliphatic carbocycles. The summed E-state index contributed by atoms with van der Waals surface area (Å²) in [7, 11) is 1.60. The maximum absolute atomic E-state index is 13.1. The second-order valence-electron chi connectivity index (χ2n) is 7.14. The number of aromatic nitrogens is 2. The predicted molar refractivity (Wildman–Crippen MR) is 112 cm³/mol. The van der Waals surface area contributed by atoms with Crippen LogP contribution >= 0.6 is 0 Å². The van der Waals surface area contributed by atoms with Crippen LogP contribution in [0.1, 0.15) is 31.7 Å². The molecule has 0 fully saturated rings. The number of halogens is 1. The highest BCUT2D eigenvalue weighted by Crippen LogP contribution is 2.21. The zero-order valence-corrected chi connectivity index (χ0v) is 17.5. The third kappa shape index (κ3) is 5.43. The zero-order valence-electron chi connectivity index (χ0n) is 17.5. The molecule has 2 aromatic carbocycles. The lowest BCUT2D eigenvalue weighted by molar-refractivity contribution is -0.132. The second-order valence-corrected chi connectivity index (χ2v) is 7.14. The van der Waals surface area contributed by atoms with Crippen LogP contribution in [0.15, 0.2) is 53.1 Å². The lowest BCUT2D eigenvalue weighted by atomic mass is 10.1. The first-order valence-electron chi connectivity index (χ1n) is 10.0. The van der Waals surface area contributed by atoms with Crippen LogP contribution in [0.5, 0.6) is 5.75 Å². The van der Waals surface area contributed by atoms with Gasteiger partial charge in [0.25, 0.3) is 0 Å². The zero-order chi connectivity index (χ0) is 21.5. The third-order valence-electron chi connectivity index (χ3n) is 5.07. The lowest BCUT2D eigenvalue weighted by Gasteiger charge is -2.28. The number of hydrogen-bond acceptors (Lipinski definition) is 5. The van der Waals surface area contributed by atoms with Crippen LogP contribution in [-0.4, -0.2) is 40.6 Å². The van der Waals surface area contributed by atoms with Crippen LogP contribution in [0.25, 0.3) is 11.4 Å². The molecule has 0 N–H and O–H groups in total. The Morgan fingerprint density at radius 3 is 2.70 bits per heavy atom. The van der Waals surface area contributed by atoms with Gasteiger partial charge in [-0.25, -0.2) is 4.39 Å². The van der Waals surface area contributed by atoms with Gasteiger partial charge in [-0.3, -0.25) is 4.79 Å². The minimum absolute atomic E-state index is 0.0107. The molecule has 3 rings (SSSR count). The topological polar surface area (TPSA) is 68.5 Å². The summed E-state index contributed by atoms with van der Waals surface area (Å²) in [6.45, 7) is 4.52. The molecule has 1 heterocycles. The Morgan fingerprint density at radius 1 is 1.23 bits per heavy atom. The van der Waals surface area contributed by atoms with E-state index in [2.05, 4.69) is 10.1 Å². The van der Waals surface area contributed by atoms with Crippen molar-refractivity contribution in [2.75, 3.05) is 13.7 Å². The lowest BCUT2D eigenvalue weighted by Crippen LogP contribution is -2.40. The van der Waals surface area contributed by atoms with Crippen molar-refractivity contribution in [3.63, 3.8) is 0 Å². The number of carbonyl (C=O) groups is 1. The molecule has 30 heavy (non-hydrogen) atoms. The number of benzene rings is 2. The smallest absolute Gasteiger partial charge is 0.228 e. The Kier molecular flexibility index (Phi) is 7.17. The van der Waals surface area contributed by atoms with Crippen LogP contribution in [0.2, 0.25) is 0 Å². The molecule has 0 saturated carbocycles. The Balaban J connectivity index is 1.66. The molecule has 158 valence electrons. The molecule has 1 atom stereocenters. The molecule has 7 heteroatoms. The summed E-state index contributed by atoms with van der Waals surface area (Å²) >= 11 is 0. The van der Waals surface area contributed by atoms with E-state index in [-0.39, 0.29) is 24.2 Å². The largest absolute Gasteiger partial charge is 0.497 e. The van der Waals surface area contributed by atoms with Crippen molar-refractivity contribution in [2.24, 2.45) is 0 Å². The molecule has 0 aliphatic rings. The molecular formula is C23H26FN3O3. The summed E-state index contributed by atoms with van der Waals surface area (Å²) in [4.78, 5) is 19.1. The normalized spacial score (nSPS) is 11.9. The number of amides is 1. The second kappa shape index (κ2) is 10.0.